The number of furan rings is 1. The van der Waals surface area contributed by atoms with Crippen molar-refractivity contribution in [3.63, 3.8) is 0 Å². The zero-order chi connectivity index (χ0) is 12.1. The first-order valence-electron chi connectivity index (χ1n) is 4.66. The molecule has 1 heterocycles. The minimum atomic E-state index is -1.08. The van der Waals surface area contributed by atoms with Crippen LogP contribution in [-0.2, 0) is 10.5 Å². The number of nitrogens with one attached hydrogen (secondary N) is 1. The van der Waals surface area contributed by atoms with Crippen molar-refractivity contribution in [3.05, 3.63) is 23.7 Å². The molecule has 0 aromatic carbocycles. The van der Waals surface area contributed by atoms with Crippen LogP contribution in [0.2, 0.25) is 0 Å². The number of amides is 1. The molecule has 0 aliphatic heterocycles. The van der Waals surface area contributed by atoms with Crippen molar-refractivity contribution < 1.29 is 19.1 Å². The van der Waals surface area contributed by atoms with Crippen LogP contribution in [0.15, 0.2) is 16.5 Å². The SMILES string of the molecule is CSCc1ccc(C(=O)N[C@@H](C)C(=O)O)o1. The molecule has 0 spiro atoms. The molecule has 1 amide bonds. The monoisotopic (exact) mass is 243 g/mol. The van der Waals surface area contributed by atoms with E-state index in [1.807, 2.05) is 6.26 Å². The molecule has 0 saturated heterocycles. The van der Waals surface area contributed by atoms with Gasteiger partial charge in [0, 0.05) is 0 Å². The molecule has 2 N–H and O–H groups in total. The topological polar surface area (TPSA) is 79.5 Å². The zero-order valence-corrected chi connectivity index (χ0v) is 9.84. The van der Waals surface area contributed by atoms with E-state index in [2.05, 4.69) is 5.32 Å². The van der Waals surface area contributed by atoms with E-state index >= 15 is 0 Å². The predicted molar refractivity (Wildman–Crippen MR) is 60.5 cm³/mol. The molecule has 16 heavy (non-hydrogen) atoms. The molecule has 0 aliphatic carbocycles. The number of carboxylic acid groups (broad SMARTS) is 1. The van der Waals surface area contributed by atoms with Crippen LogP contribution in [0.5, 0.6) is 0 Å². The van der Waals surface area contributed by atoms with Gasteiger partial charge in [0.25, 0.3) is 5.91 Å². The van der Waals surface area contributed by atoms with Crippen LogP contribution in [0.25, 0.3) is 0 Å². The number of hydrogen-bond donors (Lipinski definition) is 2. The Morgan fingerprint density at radius 1 is 1.56 bits per heavy atom. The summed E-state index contributed by atoms with van der Waals surface area (Å²) in [4.78, 5) is 22.0. The normalized spacial score (nSPS) is 12.1. The molecule has 1 rings (SSSR count). The Hall–Kier alpha value is -1.43. The van der Waals surface area contributed by atoms with Gasteiger partial charge in [0.15, 0.2) is 5.76 Å². The Bertz CT molecular complexity index is 388. The first kappa shape index (κ1) is 12.6. The predicted octanol–water partition coefficient (Wildman–Crippen LogP) is 1.35. The molecule has 0 radical (unpaired) electrons. The highest BCUT2D eigenvalue weighted by atomic mass is 32.2. The minimum absolute atomic E-state index is 0.136. The molecule has 88 valence electrons. The second kappa shape index (κ2) is 5.60. The Kier molecular flexibility index (Phi) is 4.42. The largest absolute Gasteiger partial charge is 0.480 e. The van der Waals surface area contributed by atoms with E-state index in [1.165, 1.54) is 13.0 Å². The van der Waals surface area contributed by atoms with Gasteiger partial charge in [-0.15, -0.1) is 0 Å². The fourth-order valence-electron chi connectivity index (χ4n) is 1.05. The van der Waals surface area contributed by atoms with Gasteiger partial charge < -0.3 is 14.8 Å². The summed E-state index contributed by atoms with van der Waals surface area (Å²) in [5.41, 5.74) is 0. The molecule has 5 nitrogen and oxygen atoms in total. The first-order valence-corrected chi connectivity index (χ1v) is 6.05. The van der Waals surface area contributed by atoms with E-state index < -0.39 is 17.9 Å². The van der Waals surface area contributed by atoms with Crippen LogP contribution in [0, 0.1) is 0 Å². The lowest BCUT2D eigenvalue weighted by Gasteiger charge is -2.06. The number of carbonyl (C=O) groups excluding carboxylic acids is 1. The van der Waals surface area contributed by atoms with Gasteiger partial charge in [0.05, 0.1) is 5.75 Å². The molecule has 6 heteroatoms. The van der Waals surface area contributed by atoms with Crippen molar-refractivity contribution >= 4 is 23.6 Å². The van der Waals surface area contributed by atoms with Crippen LogP contribution in [0.1, 0.15) is 23.2 Å². The van der Waals surface area contributed by atoms with E-state index in [0.29, 0.717) is 11.5 Å². The van der Waals surface area contributed by atoms with Crippen LogP contribution in [0.4, 0.5) is 0 Å². The van der Waals surface area contributed by atoms with E-state index in [1.54, 1.807) is 17.8 Å². The van der Waals surface area contributed by atoms with Gasteiger partial charge in [0.2, 0.25) is 0 Å². The number of hydrogen-bond acceptors (Lipinski definition) is 4. The van der Waals surface area contributed by atoms with Gasteiger partial charge in [-0.1, -0.05) is 0 Å². The molecule has 1 aromatic rings. The number of carbonyl (C=O) groups is 2. The summed E-state index contributed by atoms with van der Waals surface area (Å²) < 4.78 is 5.24. The molecule has 0 fully saturated rings. The average molecular weight is 243 g/mol. The van der Waals surface area contributed by atoms with Gasteiger partial charge in [-0.2, -0.15) is 11.8 Å². The maximum atomic E-state index is 11.5. The lowest BCUT2D eigenvalue weighted by atomic mass is 10.3. The van der Waals surface area contributed by atoms with Crippen molar-refractivity contribution in [1.29, 1.82) is 0 Å². The van der Waals surface area contributed by atoms with Crippen LogP contribution in [0.3, 0.4) is 0 Å². The Balaban J connectivity index is 2.62. The van der Waals surface area contributed by atoms with E-state index in [0.717, 1.165) is 0 Å². The van der Waals surface area contributed by atoms with Gasteiger partial charge in [0.1, 0.15) is 11.8 Å². The second-order valence-electron chi connectivity index (χ2n) is 3.23. The molecule has 1 aromatic heterocycles. The van der Waals surface area contributed by atoms with Gasteiger partial charge >= 0.3 is 5.97 Å². The van der Waals surface area contributed by atoms with Gasteiger partial charge in [-0.25, -0.2) is 0 Å². The van der Waals surface area contributed by atoms with Crippen LogP contribution in [-0.4, -0.2) is 29.3 Å². The van der Waals surface area contributed by atoms with Crippen molar-refractivity contribution in [1.82, 2.24) is 5.32 Å². The molecule has 1 atom stereocenters. The van der Waals surface area contributed by atoms with Crippen molar-refractivity contribution in [3.8, 4) is 0 Å². The molecular weight excluding hydrogens is 230 g/mol. The molecule has 0 aliphatic rings. The smallest absolute Gasteiger partial charge is 0.325 e. The van der Waals surface area contributed by atoms with E-state index in [4.69, 9.17) is 9.52 Å². The van der Waals surface area contributed by atoms with Crippen LogP contribution >= 0.6 is 11.8 Å². The molecule has 0 unspecified atom stereocenters. The Morgan fingerprint density at radius 2 is 2.25 bits per heavy atom. The highest BCUT2D eigenvalue weighted by Gasteiger charge is 2.17. The fourth-order valence-corrected chi connectivity index (χ4v) is 1.49. The van der Waals surface area contributed by atoms with Crippen molar-refractivity contribution in [2.45, 2.75) is 18.7 Å². The molecule has 0 saturated carbocycles. The Morgan fingerprint density at radius 3 is 2.81 bits per heavy atom. The third-order valence-corrected chi connectivity index (χ3v) is 2.46. The maximum Gasteiger partial charge on any atom is 0.325 e. The lowest BCUT2D eigenvalue weighted by molar-refractivity contribution is -0.138. The Labute approximate surface area is 97.2 Å². The van der Waals surface area contributed by atoms with Gasteiger partial charge in [-0.05, 0) is 25.3 Å². The molecular formula is C10H13NO4S. The number of carboxylic acids is 1. The first-order chi connectivity index (χ1) is 7.54. The summed E-state index contributed by atoms with van der Waals surface area (Å²) in [6, 6.07) is 2.31. The average Bonchev–Trinajstić information content (AvgIpc) is 2.66. The number of aliphatic carboxylic acids is 1. The highest BCUT2D eigenvalue weighted by molar-refractivity contribution is 7.97. The van der Waals surface area contributed by atoms with Crippen molar-refractivity contribution in [2.24, 2.45) is 0 Å². The number of thioether (sulfide) groups is 1. The van der Waals surface area contributed by atoms with Gasteiger partial charge in [-0.3, -0.25) is 9.59 Å². The molecule has 0 bridgehead atoms. The van der Waals surface area contributed by atoms with Crippen LogP contribution < -0.4 is 5.32 Å². The fraction of sp³-hybridized carbons (Fsp3) is 0.400. The zero-order valence-electron chi connectivity index (χ0n) is 9.02. The summed E-state index contributed by atoms with van der Waals surface area (Å²) in [6.45, 7) is 1.39. The third-order valence-electron chi connectivity index (χ3n) is 1.89. The minimum Gasteiger partial charge on any atom is -0.480 e. The van der Waals surface area contributed by atoms with Crippen molar-refractivity contribution in [2.75, 3.05) is 6.26 Å². The summed E-state index contributed by atoms with van der Waals surface area (Å²) >= 11 is 1.58. The second-order valence-corrected chi connectivity index (χ2v) is 4.10. The standard InChI is InChI=1S/C10H13NO4S/c1-6(10(13)14)11-9(12)8-4-3-7(15-8)5-16-2/h3-4,6H,5H2,1-2H3,(H,11,12)(H,13,14)/t6-/m0/s1. The summed E-state index contributed by atoms with van der Waals surface area (Å²) in [7, 11) is 0. The third kappa shape index (κ3) is 3.30. The number of rotatable bonds is 5. The maximum absolute atomic E-state index is 11.5. The summed E-state index contributed by atoms with van der Waals surface area (Å²) in [6.07, 6.45) is 1.93. The van der Waals surface area contributed by atoms with E-state index in [-0.39, 0.29) is 5.76 Å². The summed E-state index contributed by atoms with van der Waals surface area (Å²) in [5.74, 6) is -0.0776. The quantitative estimate of drug-likeness (QED) is 0.816. The lowest BCUT2D eigenvalue weighted by Crippen LogP contribution is -2.38. The van der Waals surface area contributed by atoms with E-state index in [9.17, 15) is 9.59 Å². The highest BCUT2D eigenvalue weighted by Crippen LogP contribution is 2.13. The summed E-state index contributed by atoms with van der Waals surface area (Å²) in [5, 5.41) is 10.9.